The lowest BCUT2D eigenvalue weighted by Gasteiger charge is -2.33. The van der Waals surface area contributed by atoms with Gasteiger partial charge in [0.15, 0.2) is 11.6 Å². The van der Waals surface area contributed by atoms with Crippen LogP contribution >= 0.6 is 0 Å². The second kappa shape index (κ2) is 6.84. The van der Waals surface area contributed by atoms with Gasteiger partial charge in [-0.05, 0) is 38.4 Å². The summed E-state index contributed by atoms with van der Waals surface area (Å²) in [6.45, 7) is 1.60. The van der Waals surface area contributed by atoms with E-state index in [2.05, 4.69) is 5.32 Å². The predicted octanol–water partition coefficient (Wildman–Crippen LogP) is 1.53. The highest BCUT2D eigenvalue weighted by atomic mass is 19.2. The molecule has 2 fully saturated rings. The first-order chi connectivity index (χ1) is 11.5. The van der Waals surface area contributed by atoms with Gasteiger partial charge >= 0.3 is 0 Å². The highest BCUT2D eigenvalue weighted by molar-refractivity contribution is 6.09. The van der Waals surface area contributed by atoms with Crippen LogP contribution in [0.25, 0.3) is 0 Å². The van der Waals surface area contributed by atoms with E-state index in [4.69, 9.17) is 0 Å². The minimum absolute atomic E-state index is 0.162. The Morgan fingerprint density at radius 2 is 2.00 bits per heavy atom. The zero-order chi connectivity index (χ0) is 17.3. The summed E-state index contributed by atoms with van der Waals surface area (Å²) >= 11 is 0. The molecule has 0 saturated carbocycles. The molecule has 1 aromatic carbocycles. The number of hydrogen-bond donors (Lipinski definition) is 1. The lowest BCUT2D eigenvalue weighted by atomic mass is 10.0. The number of carbonyl (C=O) groups excluding carboxylic acids is 2. The van der Waals surface area contributed by atoms with Crippen LogP contribution in [0, 0.1) is 17.6 Å². The molecule has 7 heteroatoms. The number of likely N-dealkylation sites (N-methyl/N-ethyl adjacent to an activating group) is 1. The standard InChI is InChI=1S/C17H21F2N3O2/c1-20-11-3-2-7-21(10-11)16(23)13-6-8-22(17(13)24)12-4-5-14(18)15(19)9-12/h4-5,9,11,13,20H,2-3,6-8,10H2,1H3/t11-,13+/m0/s1. The largest absolute Gasteiger partial charge is 0.340 e. The van der Waals surface area contributed by atoms with E-state index in [0.29, 0.717) is 31.7 Å². The zero-order valence-corrected chi connectivity index (χ0v) is 13.6. The SMILES string of the molecule is CN[C@H]1CCCN(C(=O)[C@H]2CCN(c3ccc(F)c(F)c3)C2=O)C1. The highest BCUT2D eigenvalue weighted by Crippen LogP contribution is 2.28. The number of piperidine rings is 1. The summed E-state index contributed by atoms with van der Waals surface area (Å²) in [5.41, 5.74) is 0.293. The van der Waals surface area contributed by atoms with Crippen LogP contribution in [0.3, 0.4) is 0 Å². The molecule has 0 aliphatic carbocycles. The third kappa shape index (κ3) is 3.13. The van der Waals surface area contributed by atoms with Crippen molar-refractivity contribution in [1.29, 1.82) is 0 Å². The average molecular weight is 337 g/mol. The van der Waals surface area contributed by atoms with Crippen LogP contribution in [0.1, 0.15) is 19.3 Å². The van der Waals surface area contributed by atoms with Crippen molar-refractivity contribution < 1.29 is 18.4 Å². The van der Waals surface area contributed by atoms with E-state index in [1.807, 2.05) is 7.05 Å². The quantitative estimate of drug-likeness (QED) is 0.851. The summed E-state index contributed by atoms with van der Waals surface area (Å²) in [7, 11) is 1.87. The fraction of sp³-hybridized carbons (Fsp3) is 0.529. The van der Waals surface area contributed by atoms with Crippen molar-refractivity contribution in [2.45, 2.75) is 25.3 Å². The molecule has 5 nitrogen and oxygen atoms in total. The van der Waals surface area contributed by atoms with Gasteiger partial charge in [-0.25, -0.2) is 8.78 Å². The molecule has 0 unspecified atom stereocenters. The molecular formula is C17H21F2N3O2. The van der Waals surface area contributed by atoms with Crippen molar-refractivity contribution >= 4 is 17.5 Å². The van der Waals surface area contributed by atoms with E-state index in [0.717, 1.165) is 25.0 Å². The monoisotopic (exact) mass is 337 g/mol. The molecule has 1 aromatic rings. The van der Waals surface area contributed by atoms with Crippen molar-refractivity contribution in [3.63, 3.8) is 0 Å². The summed E-state index contributed by atoms with van der Waals surface area (Å²) in [4.78, 5) is 28.4. The van der Waals surface area contributed by atoms with E-state index in [1.54, 1.807) is 4.90 Å². The molecule has 2 amide bonds. The second-order valence-electron chi connectivity index (χ2n) is 6.34. The molecule has 2 saturated heterocycles. The maximum Gasteiger partial charge on any atom is 0.239 e. The molecule has 0 radical (unpaired) electrons. The topological polar surface area (TPSA) is 52.7 Å². The van der Waals surface area contributed by atoms with Gasteiger partial charge in [0.25, 0.3) is 0 Å². The van der Waals surface area contributed by atoms with Gasteiger partial charge < -0.3 is 15.1 Å². The molecule has 2 atom stereocenters. The van der Waals surface area contributed by atoms with Crippen LogP contribution in [-0.2, 0) is 9.59 Å². The van der Waals surface area contributed by atoms with Gasteiger partial charge in [-0.1, -0.05) is 0 Å². The van der Waals surface area contributed by atoms with Crippen molar-refractivity contribution in [1.82, 2.24) is 10.2 Å². The van der Waals surface area contributed by atoms with Crippen molar-refractivity contribution in [3.05, 3.63) is 29.8 Å². The Hall–Kier alpha value is -2.02. The molecule has 2 heterocycles. The summed E-state index contributed by atoms with van der Waals surface area (Å²) in [6, 6.07) is 3.61. The molecule has 2 aliphatic heterocycles. The van der Waals surface area contributed by atoms with Crippen LogP contribution in [0.15, 0.2) is 18.2 Å². The molecule has 2 aliphatic rings. The van der Waals surface area contributed by atoms with Gasteiger partial charge in [0.05, 0.1) is 0 Å². The Morgan fingerprint density at radius 3 is 2.71 bits per heavy atom. The Bertz CT molecular complexity index is 653. The first kappa shape index (κ1) is 16.8. The van der Waals surface area contributed by atoms with Gasteiger partial charge in [0, 0.05) is 37.4 Å². The molecule has 3 rings (SSSR count). The zero-order valence-electron chi connectivity index (χ0n) is 13.6. The second-order valence-corrected chi connectivity index (χ2v) is 6.34. The van der Waals surface area contributed by atoms with Crippen molar-refractivity contribution in [2.24, 2.45) is 5.92 Å². The Balaban J connectivity index is 1.71. The summed E-state index contributed by atoms with van der Waals surface area (Å²) in [5.74, 6) is -3.18. The van der Waals surface area contributed by atoms with E-state index in [-0.39, 0.29) is 17.9 Å². The number of carbonyl (C=O) groups is 2. The van der Waals surface area contributed by atoms with Crippen LogP contribution in [0.4, 0.5) is 14.5 Å². The number of rotatable bonds is 3. The number of likely N-dealkylation sites (tertiary alicyclic amines) is 1. The van der Waals surface area contributed by atoms with Gasteiger partial charge in [0.1, 0.15) is 5.92 Å². The van der Waals surface area contributed by atoms with Gasteiger partial charge in [-0.3, -0.25) is 9.59 Å². The van der Waals surface area contributed by atoms with Crippen LogP contribution in [0.2, 0.25) is 0 Å². The normalized spacial score (nSPS) is 24.5. The molecule has 24 heavy (non-hydrogen) atoms. The Labute approximate surface area is 139 Å². The lowest BCUT2D eigenvalue weighted by Crippen LogP contribution is -2.49. The number of amides is 2. The van der Waals surface area contributed by atoms with E-state index in [9.17, 15) is 18.4 Å². The van der Waals surface area contributed by atoms with Gasteiger partial charge in [-0.15, -0.1) is 0 Å². The van der Waals surface area contributed by atoms with E-state index in [1.165, 1.54) is 11.0 Å². The molecule has 130 valence electrons. The minimum atomic E-state index is -0.997. The van der Waals surface area contributed by atoms with Crippen LogP contribution < -0.4 is 10.2 Å². The first-order valence-electron chi connectivity index (χ1n) is 8.23. The number of anilines is 1. The minimum Gasteiger partial charge on any atom is -0.340 e. The fourth-order valence-electron chi connectivity index (χ4n) is 3.45. The van der Waals surface area contributed by atoms with E-state index < -0.39 is 17.6 Å². The predicted molar refractivity (Wildman–Crippen MR) is 85.5 cm³/mol. The summed E-state index contributed by atoms with van der Waals surface area (Å²) in [5, 5.41) is 3.17. The molecule has 0 aromatic heterocycles. The first-order valence-corrected chi connectivity index (χ1v) is 8.23. The Morgan fingerprint density at radius 1 is 1.21 bits per heavy atom. The summed E-state index contributed by atoms with van der Waals surface area (Å²) in [6.07, 6.45) is 2.32. The maximum absolute atomic E-state index is 13.4. The molecule has 0 bridgehead atoms. The highest BCUT2D eigenvalue weighted by Gasteiger charge is 2.40. The number of nitrogens with one attached hydrogen (secondary N) is 1. The van der Waals surface area contributed by atoms with Crippen molar-refractivity contribution in [3.8, 4) is 0 Å². The number of halogens is 2. The van der Waals surface area contributed by atoms with Crippen LogP contribution in [-0.4, -0.2) is 49.4 Å². The third-order valence-corrected chi connectivity index (χ3v) is 4.86. The summed E-state index contributed by atoms with van der Waals surface area (Å²) < 4.78 is 26.4. The Kier molecular flexibility index (Phi) is 4.80. The molecular weight excluding hydrogens is 316 g/mol. The van der Waals surface area contributed by atoms with E-state index >= 15 is 0 Å². The number of benzene rings is 1. The van der Waals surface area contributed by atoms with Crippen molar-refractivity contribution in [2.75, 3.05) is 31.6 Å². The number of nitrogens with zero attached hydrogens (tertiary/aromatic N) is 2. The van der Waals surface area contributed by atoms with Crippen LogP contribution in [0.5, 0.6) is 0 Å². The average Bonchev–Trinajstić information content (AvgIpc) is 2.98. The fourth-order valence-corrected chi connectivity index (χ4v) is 3.45. The molecule has 0 spiro atoms. The number of hydrogen-bond acceptors (Lipinski definition) is 3. The smallest absolute Gasteiger partial charge is 0.239 e. The maximum atomic E-state index is 13.4. The third-order valence-electron chi connectivity index (χ3n) is 4.86. The molecule has 1 N–H and O–H groups in total. The van der Waals surface area contributed by atoms with Gasteiger partial charge in [-0.2, -0.15) is 0 Å². The van der Waals surface area contributed by atoms with Gasteiger partial charge in [0.2, 0.25) is 11.8 Å². The lowest BCUT2D eigenvalue weighted by molar-refractivity contribution is -0.140.